The van der Waals surface area contributed by atoms with Gasteiger partial charge in [-0.3, -0.25) is 19.1 Å². The second-order valence-electron chi connectivity index (χ2n) is 5.17. The number of carbonyl (C=O) groups excluding carboxylic acids is 1. The van der Waals surface area contributed by atoms with Gasteiger partial charge >= 0.3 is 5.69 Å². The standard InChI is InChI=1S/C17H18N2O7/c1-19-16(22)13(15(21)18-17(19)23)10(20)6-5-9-7-11(24-2)14(26-4)12(8-9)25-3/h5-8,22H,1-4H3,(H,18,21,23). The number of aromatic nitrogens is 2. The number of nitrogens with one attached hydrogen (secondary N) is 1. The maximum Gasteiger partial charge on any atom is 0.330 e. The average molecular weight is 362 g/mol. The zero-order valence-electron chi connectivity index (χ0n) is 14.7. The Hall–Kier alpha value is -3.49. The number of hydrogen-bond donors (Lipinski definition) is 2. The van der Waals surface area contributed by atoms with Crippen molar-refractivity contribution >= 4 is 11.9 Å². The Balaban J connectivity index is 2.45. The van der Waals surface area contributed by atoms with Crippen LogP contribution in [0.2, 0.25) is 0 Å². The average Bonchev–Trinajstić information content (AvgIpc) is 2.63. The van der Waals surface area contributed by atoms with Crippen molar-refractivity contribution in [3.8, 4) is 23.1 Å². The van der Waals surface area contributed by atoms with E-state index in [-0.39, 0.29) is 0 Å². The molecule has 1 aromatic heterocycles. The maximum absolute atomic E-state index is 12.3. The monoisotopic (exact) mass is 362 g/mol. The Bertz CT molecular complexity index is 961. The van der Waals surface area contributed by atoms with Crippen molar-refractivity contribution < 1.29 is 24.1 Å². The fourth-order valence-corrected chi connectivity index (χ4v) is 2.28. The van der Waals surface area contributed by atoms with Crippen LogP contribution in [0.15, 0.2) is 27.8 Å². The lowest BCUT2D eigenvalue weighted by molar-refractivity contribution is 0.104. The summed E-state index contributed by atoms with van der Waals surface area (Å²) in [5.41, 5.74) is -1.79. The number of nitrogens with zero attached hydrogens (tertiary/aromatic N) is 1. The molecule has 1 aromatic carbocycles. The summed E-state index contributed by atoms with van der Waals surface area (Å²) < 4.78 is 16.4. The molecule has 2 N–H and O–H groups in total. The third-order valence-electron chi connectivity index (χ3n) is 3.65. The molecule has 0 bridgehead atoms. The summed E-state index contributed by atoms with van der Waals surface area (Å²) in [6, 6.07) is 3.21. The third-order valence-corrected chi connectivity index (χ3v) is 3.65. The highest BCUT2D eigenvalue weighted by molar-refractivity contribution is 6.08. The highest BCUT2D eigenvalue weighted by atomic mass is 16.5. The van der Waals surface area contributed by atoms with Gasteiger partial charge in [0, 0.05) is 7.05 Å². The molecule has 0 saturated carbocycles. The number of ketones is 1. The van der Waals surface area contributed by atoms with Crippen LogP contribution in [0.5, 0.6) is 23.1 Å². The third kappa shape index (κ3) is 3.46. The smallest absolute Gasteiger partial charge is 0.330 e. The molecule has 26 heavy (non-hydrogen) atoms. The molecule has 2 rings (SSSR count). The molecule has 0 radical (unpaired) electrons. The molecule has 1 heterocycles. The summed E-state index contributed by atoms with van der Waals surface area (Å²) in [5, 5.41) is 9.89. The number of benzene rings is 1. The molecule has 0 aliphatic heterocycles. The minimum absolute atomic E-state index is 0.391. The molecule has 0 saturated heterocycles. The zero-order valence-corrected chi connectivity index (χ0v) is 14.7. The SMILES string of the molecule is COc1cc(C=CC(=O)c2c(O)n(C)c(=O)[nH]c2=O)cc(OC)c1OC. The lowest BCUT2D eigenvalue weighted by atomic mass is 10.1. The Labute approximate surface area is 148 Å². The molecule has 0 fully saturated rings. The van der Waals surface area contributed by atoms with Gasteiger partial charge < -0.3 is 19.3 Å². The predicted molar refractivity (Wildman–Crippen MR) is 93.4 cm³/mol. The van der Waals surface area contributed by atoms with Gasteiger partial charge in [-0.1, -0.05) is 6.08 Å². The summed E-state index contributed by atoms with van der Waals surface area (Å²) in [6.45, 7) is 0. The van der Waals surface area contributed by atoms with E-state index in [4.69, 9.17) is 14.2 Å². The minimum Gasteiger partial charge on any atom is -0.494 e. The van der Waals surface area contributed by atoms with Gasteiger partial charge in [-0.2, -0.15) is 0 Å². The Morgan fingerprint density at radius 2 is 1.69 bits per heavy atom. The fourth-order valence-electron chi connectivity index (χ4n) is 2.28. The number of rotatable bonds is 6. The van der Waals surface area contributed by atoms with Crippen LogP contribution < -0.4 is 25.5 Å². The largest absolute Gasteiger partial charge is 0.494 e. The van der Waals surface area contributed by atoms with Gasteiger partial charge in [-0.15, -0.1) is 0 Å². The van der Waals surface area contributed by atoms with Crippen LogP contribution in [0, 0.1) is 0 Å². The number of aromatic hydroxyl groups is 1. The second kappa shape index (κ2) is 7.60. The highest BCUT2D eigenvalue weighted by Crippen LogP contribution is 2.38. The normalized spacial score (nSPS) is 10.8. The first-order chi connectivity index (χ1) is 12.3. The van der Waals surface area contributed by atoms with E-state index in [2.05, 4.69) is 0 Å². The molecular formula is C17H18N2O7. The van der Waals surface area contributed by atoms with E-state index in [1.54, 1.807) is 12.1 Å². The number of aromatic amines is 1. The summed E-state index contributed by atoms with van der Waals surface area (Å²) in [4.78, 5) is 37.4. The number of ether oxygens (including phenoxy) is 3. The Kier molecular flexibility index (Phi) is 5.51. The summed E-state index contributed by atoms with van der Waals surface area (Å²) >= 11 is 0. The Morgan fingerprint density at radius 3 is 2.19 bits per heavy atom. The number of allylic oxidation sites excluding steroid dienone is 1. The van der Waals surface area contributed by atoms with E-state index in [0.29, 0.717) is 22.8 Å². The van der Waals surface area contributed by atoms with Gasteiger partial charge in [-0.25, -0.2) is 4.79 Å². The Morgan fingerprint density at radius 1 is 1.12 bits per heavy atom. The minimum atomic E-state index is -0.967. The number of carbonyl (C=O) groups is 1. The highest BCUT2D eigenvalue weighted by Gasteiger charge is 2.18. The van der Waals surface area contributed by atoms with E-state index >= 15 is 0 Å². The van der Waals surface area contributed by atoms with E-state index in [0.717, 1.165) is 10.6 Å². The van der Waals surface area contributed by atoms with Crippen LogP contribution in [-0.4, -0.2) is 41.8 Å². The van der Waals surface area contributed by atoms with Crippen LogP contribution in [0.1, 0.15) is 15.9 Å². The summed E-state index contributed by atoms with van der Waals surface area (Å²) in [7, 11) is 5.61. The molecule has 0 amide bonds. The molecule has 0 unspecified atom stereocenters. The van der Waals surface area contributed by atoms with Crippen LogP contribution >= 0.6 is 0 Å². The zero-order chi connectivity index (χ0) is 19.4. The van der Waals surface area contributed by atoms with Crippen molar-refractivity contribution in [3.05, 3.63) is 50.2 Å². The van der Waals surface area contributed by atoms with E-state index in [9.17, 15) is 19.5 Å². The van der Waals surface area contributed by atoms with Crippen molar-refractivity contribution in [1.29, 1.82) is 0 Å². The molecule has 0 aliphatic carbocycles. The van der Waals surface area contributed by atoms with Gasteiger partial charge in [0.15, 0.2) is 17.3 Å². The molecule has 0 spiro atoms. The number of H-pyrrole nitrogens is 1. The number of methoxy groups -OCH3 is 3. The summed E-state index contributed by atoms with van der Waals surface area (Å²) in [6.07, 6.45) is 2.51. The molecule has 0 aliphatic rings. The topological polar surface area (TPSA) is 120 Å². The number of hydrogen-bond acceptors (Lipinski definition) is 7. The van der Waals surface area contributed by atoms with Crippen LogP contribution in [0.25, 0.3) is 6.08 Å². The maximum atomic E-state index is 12.3. The van der Waals surface area contributed by atoms with Crippen molar-refractivity contribution in [2.75, 3.05) is 21.3 Å². The van der Waals surface area contributed by atoms with Gasteiger partial charge in [-0.05, 0) is 23.8 Å². The fraction of sp³-hybridized carbons (Fsp3) is 0.235. The van der Waals surface area contributed by atoms with Crippen molar-refractivity contribution in [3.63, 3.8) is 0 Å². The van der Waals surface area contributed by atoms with E-state index in [1.165, 1.54) is 34.5 Å². The summed E-state index contributed by atoms with van der Waals surface area (Å²) in [5.74, 6) is -0.305. The predicted octanol–water partition coefficient (Wildman–Crippen LogP) is 0.701. The quantitative estimate of drug-likeness (QED) is 0.573. The molecule has 9 nitrogen and oxygen atoms in total. The first kappa shape index (κ1) is 18.8. The van der Waals surface area contributed by atoms with E-state index in [1.807, 2.05) is 4.98 Å². The van der Waals surface area contributed by atoms with Crippen molar-refractivity contribution in [1.82, 2.24) is 9.55 Å². The van der Waals surface area contributed by atoms with Gasteiger partial charge in [0.05, 0.1) is 21.3 Å². The van der Waals surface area contributed by atoms with Crippen molar-refractivity contribution in [2.24, 2.45) is 7.05 Å². The molecule has 138 valence electrons. The molecule has 0 atom stereocenters. The van der Waals surface area contributed by atoms with Gasteiger partial charge in [0.2, 0.25) is 11.6 Å². The van der Waals surface area contributed by atoms with Crippen LogP contribution in [0.4, 0.5) is 0 Å². The molecular weight excluding hydrogens is 344 g/mol. The van der Waals surface area contributed by atoms with Crippen LogP contribution in [0.3, 0.4) is 0 Å². The first-order valence-electron chi connectivity index (χ1n) is 7.38. The lowest BCUT2D eigenvalue weighted by Gasteiger charge is -2.12. The van der Waals surface area contributed by atoms with Crippen LogP contribution in [-0.2, 0) is 7.05 Å². The van der Waals surface area contributed by atoms with Gasteiger partial charge in [0.25, 0.3) is 5.56 Å². The van der Waals surface area contributed by atoms with Crippen molar-refractivity contribution in [2.45, 2.75) is 0 Å². The first-order valence-corrected chi connectivity index (χ1v) is 7.38. The van der Waals surface area contributed by atoms with E-state index < -0.39 is 28.5 Å². The lowest BCUT2D eigenvalue weighted by Crippen LogP contribution is -2.32. The molecule has 9 heteroatoms. The molecule has 2 aromatic rings. The van der Waals surface area contributed by atoms with Gasteiger partial charge in [0.1, 0.15) is 5.56 Å². The second-order valence-corrected chi connectivity index (χ2v) is 5.17.